The summed E-state index contributed by atoms with van der Waals surface area (Å²) in [5.41, 5.74) is 18.5. The Kier molecular flexibility index (Phi) is 17.9. The fourth-order valence-electron chi connectivity index (χ4n) is 4.21. The number of aliphatic imine (C=N–C) groups is 1. The molecule has 0 saturated carbocycles. The Labute approximate surface area is 250 Å². The van der Waals surface area contributed by atoms with Crippen molar-refractivity contribution in [3.05, 3.63) is 60.2 Å². The monoisotopic (exact) mass is 579 g/mol. The summed E-state index contributed by atoms with van der Waals surface area (Å²) in [5.74, 6) is -0.158. The van der Waals surface area contributed by atoms with Crippen LogP contribution in [0.1, 0.15) is 74.6 Å². The highest BCUT2D eigenvalue weighted by atomic mass is 16.2. The van der Waals surface area contributed by atoms with E-state index in [0.29, 0.717) is 43.7 Å². The molecule has 0 heterocycles. The highest BCUT2D eigenvalue weighted by Gasteiger charge is 2.11. The van der Waals surface area contributed by atoms with Crippen molar-refractivity contribution in [2.75, 3.05) is 32.7 Å². The van der Waals surface area contributed by atoms with Gasteiger partial charge in [0.05, 0.1) is 17.4 Å². The van der Waals surface area contributed by atoms with E-state index in [-0.39, 0.29) is 17.8 Å². The summed E-state index contributed by atoms with van der Waals surface area (Å²) in [7, 11) is 0. The number of rotatable bonds is 22. The number of carbonyl (C=O) groups is 2. The zero-order valence-corrected chi connectivity index (χ0v) is 24.8. The third-order valence-corrected chi connectivity index (χ3v) is 6.60. The minimum atomic E-state index is -0.530. The molecule has 0 spiro atoms. The molecule has 42 heavy (non-hydrogen) atoms. The summed E-state index contributed by atoms with van der Waals surface area (Å²) in [4.78, 5) is 28.4. The van der Waals surface area contributed by atoms with Gasteiger partial charge in [-0.05, 0) is 75.5 Å². The molecule has 0 aliphatic carbocycles. The zero-order chi connectivity index (χ0) is 30.3. The number of nitrogens with two attached hydrogens (primary N) is 3. The number of carbonyl (C=O) groups excluding carboxylic acids is 2. The summed E-state index contributed by atoms with van der Waals surface area (Å²) < 4.78 is 0. The van der Waals surface area contributed by atoms with Gasteiger partial charge in [-0.25, -0.2) is 0 Å². The average Bonchev–Trinajstić information content (AvgIpc) is 3.00. The van der Waals surface area contributed by atoms with Crippen LogP contribution in [0.5, 0.6) is 0 Å². The summed E-state index contributed by atoms with van der Waals surface area (Å²) in [6, 6.07) is 16.2. The van der Waals surface area contributed by atoms with Crippen LogP contribution in [0.2, 0.25) is 0 Å². The molecule has 2 rings (SSSR count). The fourth-order valence-corrected chi connectivity index (χ4v) is 4.21. The molecule has 9 N–H and O–H groups in total. The van der Waals surface area contributed by atoms with Crippen LogP contribution in [-0.2, 0) is 4.79 Å². The Balaban J connectivity index is 1.39. The molecule has 0 aliphatic heterocycles. The van der Waals surface area contributed by atoms with Crippen LogP contribution in [0.15, 0.2) is 69.8 Å². The van der Waals surface area contributed by atoms with E-state index in [9.17, 15) is 9.59 Å². The molecule has 2 aromatic carbocycles. The topological polar surface area (TPSA) is 185 Å². The van der Waals surface area contributed by atoms with Gasteiger partial charge < -0.3 is 33.2 Å². The lowest BCUT2D eigenvalue weighted by Crippen LogP contribution is -2.41. The quantitative estimate of drug-likeness (QED) is 0.0529. The van der Waals surface area contributed by atoms with Gasteiger partial charge in [0.2, 0.25) is 5.91 Å². The number of nitrogens with one attached hydrogen (secondary N) is 3. The maximum absolute atomic E-state index is 12.5. The molecule has 2 aromatic rings. The van der Waals surface area contributed by atoms with Crippen LogP contribution in [-0.4, -0.2) is 56.5 Å². The number of nitrogens with zero attached hydrogens (tertiary/aromatic N) is 3. The van der Waals surface area contributed by atoms with Crippen LogP contribution < -0.4 is 33.2 Å². The first-order chi connectivity index (χ1) is 20.5. The molecule has 0 saturated heterocycles. The second-order valence-electron chi connectivity index (χ2n) is 10.3. The molecular formula is C31H49N9O2. The highest BCUT2D eigenvalue weighted by molar-refractivity contribution is 5.94. The van der Waals surface area contributed by atoms with E-state index < -0.39 is 6.04 Å². The van der Waals surface area contributed by atoms with Crippen LogP contribution in [0.25, 0.3) is 0 Å². The van der Waals surface area contributed by atoms with Crippen LogP contribution in [0.3, 0.4) is 0 Å². The maximum atomic E-state index is 12.5. The Morgan fingerprint density at radius 1 is 0.690 bits per heavy atom. The number of amides is 2. The summed E-state index contributed by atoms with van der Waals surface area (Å²) in [5, 5.41) is 17.8. The van der Waals surface area contributed by atoms with Crippen molar-refractivity contribution in [1.82, 2.24) is 16.0 Å². The standard InChI is InChI=1S/C31H49N9O2/c32-28(18-12-22-38-31(33)34)30(42)37-23-13-20-35-19-9-4-2-1-3-5-10-21-36-29(41)25-14-11-17-27(24-25)40-39-26-15-7-6-8-16-26/h6-8,11,14-17,24,28,35H,1-5,9-10,12-13,18-23,32H2,(H,36,41)(H,37,42)(H4,33,34,38)/t28-/m0/s1. The molecule has 2 amide bonds. The normalized spacial score (nSPS) is 11.7. The van der Waals surface area contributed by atoms with Gasteiger partial charge in [-0.1, -0.05) is 56.4 Å². The first kappa shape index (κ1) is 34.4. The Morgan fingerprint density at radius 2 is 1.31 bits per heavy atom. The van der Waals surface area contributed by atoms with E-state index in [2.05, 4.69) is 31.2 Å². The van der Waals surface area contributed by atoms with E-state index in [1.807, 2.05) is 42.5 Å². The van der Waals surface area contributed by atoms with Gasteiger partial charge in [0, 0.05) is 25.2 Å². The van der Waals surface area contributed by atoms with E-state index in [1.54, 1.807) is 12.1 Å². The van der Waals surface area contributed by atoms with Crippen molar-refractivity contribution in [3.63, 3.8) is 0 Å². The third-order valence-electron chi connectivity index (χ3n) is 6.60. The van der Waals surface area contributed by atoms with Crippen molar-refractivity contribution in [1.29, 1.82) is 0 Å². The number of benzene rings is 2. The SMILES string of the molecule is NC(N)=NCCC[C@H](N)C(=O)NCCCNCCCCCCCCCNC(=O)c1cccc(N=Nc2ccccc2)c1. The Bertz CT molecular complexity index is 1090. The van der Waals surface area contributed by atoms with Gasteiger partial charge in [-0.3, -0.25) is 14.6 Å². The van der Waals surface area contributed by atoms with Crippen LogP contribution in [0, 0.1) is 0 Å². The van der Waals surface area contributed by atoms with Gasteiger partial charge in [0.1, 0.15) is 0 Å². The van der Waals surface area contributed by atoms with Crippen molar-refractivity contribution < 1.29 is 9.59 Å². The first-order valence-corrected chi connectivity index (χ1v) is 15.1. The maximum Gasteiger partial charge on any atom is 0.251 e. The molecule has 1 atom stereocenters. The zero-order valence-electron chi connectivity index (χ0n) is 24.8. The predicted octanol–water partition coefficient (Wildman–Crippen LogP) is 4.04. The van der Waals surface area contributed by atoms with E-state index in [0.717, 1.165) is 44.5 Å². The van der Waals surface area contributed by atoms with Crippen LogP contribution >= 0.6 is 0 Å². The third kappa shape index (κ3) is 16.4. The van der Waals surface area contributed by atoms with E-state index in [4.69, 9.17) is 17.2 Å². The smallest absolute Gasteiger partial charge is 0.251 e. The van der Waals surface area contributed by atoms with E-state index in [1.165, 1.54) is 25.7 Å². The van der Waals surface area contributed by atoms with Crippen LogP contribution in [0.4, 0.5) is 11.4 Å². The molecule has 0 aromatic heterocycles. The van der Waals surface area contributed by atoms with Gasteiger partial charge in [-0.2, -0.15) is 10.2 Å². The number of unbranched alkanes of at least 4 members (excludes halogenated alkanes) is 6. The molecule has 11 heteroatoms. The van der Waals surface area contributed by atoms with Gasteiger partial charge in [0.25, 0.3) is 5.91 Å². The number of guanidine groups is 1. The van der Waals surface area contributed by atoms with Gasteiger partial charge in [0.15, 0.2) is 5.96 Å². The van der Waals surface area contributed by atoms with Gasteiger partial charge >= 0.3 is 0 Å². The predicted molar refractivity (Wildman–Crippen MR) is 170 cm³/mol. The molecule has 0 aliphatic rings. The van der Waals surface area contributed by atoms with Crippen molar-refractivity contribution in [2.45, 2.75) is 70.3 Å². The summed E-state index contributed by atoms with van der Waals surface area (Å²) >= 11 is 0. The number of azo groups is 1. The molecular weight excluding hydrogens is 530 g/mol. The molecule has 230 valence electrons. The largest absolute Gasteiger partial charge is 0.370 e. The molecule has 11 nitrogen and oxygen atoms in total. The lowest BCUT2D eigenvalue weighted by molar-refractivity contribution is -0.122. The lowest BCUT2D eigenvalue weighted by Gasteiger charge is -2.12. The van der Waals surface area contributed by atoms with Gasteiger partial charge in [-0.15, -0.1) is 0 Å². The van der Waals surface area contributed by atoms with Crippen molar-refractivity contribution >= 4 is 29.1 Å². The van der Waals surface area contributed by atoms with E-state index >= 15 is 0 Å². The number of hydrogen-bond donors (Lipinski definition) is 6. The number of hydrogen-bond acceptors (Lipinski definition) is 7. The molecule has 0 bridgehead atoms. The Hall–Kier alpha value is -3.83. The minimum Gasteiger partial charge on any atom is -0.370 e. The summed E-state index contributed by atoms with van der Waals surface area (Å²) in [6.45, 7) is 3.62. The second kappa shape index (κ2) is 21.9. The lowest BCUT2D eigenvalue weighted by atomic mass is 10.1. The Morgan fingerprint density at radius 3 is 2.05 bits per heavy atom. The fraction of sp³-hybridized carbons (Fsp3) is 0.516. The average molecular weight is 580 g/mol. The minimum absolute atomic E-state index is 0.0542. The second-order valence-corrected chi connectivity index (χ2v) is 10.3. The first-order valence-electron chi connectivity index (χ1n) is 15.1. The van der Waals surface area contributed by atoms with Crippen molar-refractivity contribution in [3.8, 4) is 0 Å². The van der Waals surface area contributed by atoms with Crippen molar-refractivity contribution in [2.24, 2.45) is 32.4 Å². The molecule has 0 radical (unpaired) electrons. The highest BCUT2D eigenvalue weighted by Crippen LogP contribution is 2.19. The molecule has 0 unspecified atom stereocenters. The molecule has 0 fully saturated rings. The summed E-state index contributed by atoms with van der Waals surface area (Å²) in [6.07, 6.45) is 10.1.